The Morgan fingerprint density at radius 3 is 2.03 bits per heavy atom. The van der Waals surface area contributed by atoms with Crippen molar-refractivity contribution in [2.75, 3.05) is 19.6 Å². The molecule has 0 radical (unpaired) electrons. The predicted octanol–water partition coefficient (Wildman–Crippen LogP) is 0.560. The molecule has 162 valence electrons. The van der Waals surface area contributed by atoms with Gasteiger partial charge in [0.05, 0.1) is 19.6 Å². The topological polar surface area (TPSA) is 116 Å². The van der Waals surface area contributed by atoms with E-state index in [-0.39, 0.29) is 43.8 Å². The van der Waals surface area contributed by atoms with Crippen LogP contribution in [-0.2, 0) is 25.6 Å². The summed E-state index contributed by atoms with van der Waals surface area (Å²) in [5.74, 6) is -1.42. The summed E-state index contributed by atoms with van der Waals surface area (Å²) < 4.78 is 0. The molecule has 4 N–H and O–H groups in total. The number of nitrogens with one attached hydrogen (secondary N) is 4. The fourth-order valence-electron chi connectivity index (χ4n) is 2.18. The molecule has 0 aliphatic carbocycles. The fraction of sp³-hybridized carbons (Fsp3) is 0.524. The molecule has 29 heavy (non-hydrogen) atoms. The van der Waals surface area contributed by atoms with Crippen molar-refractivity contribution in [3.8, 4) is 0 Å². The van der Waals surface area contributed by atoms with Crippen molar-refractivity contribution in [3.63, 3.8) is 0 Å². The number of benzene rings is 1. The molecule has 8 heteroatoms. The van der Waals surface area contributed by atoms with E-state index in [1.165, 1.54) is 6.92 Å². The van der Waals surface area contributed by atoms with Crippen LogP contribution in [0.2, 0.25) is 0 Å². The number of ketones is 1. The maximum absolute atomic E-state index is 12.3. The molecule has 1 aromatic carbocycles. The lowest BCUT2D eigenvalue weighted by molar-refractivity contribution is -0.130. The molecule has 0 fully saturated rings. The first kappa shape index (κ1) is 26.3. The van der Waals surface area contributed by atoms with Gasteiger partial charge in [-0.15, -0.1) is 0 Å². The van der Waals surface area contributed by atoms with Crippen molar-refractivity contribution in [1.82, 2.24) is 21.3 Å². The summed E-state index contributed by atoms with van der Waals surface area (Å²) in [5, 5.41) is 10.6. The van der Waals surface area contributed by atoms with Gasteiger partial charge in [-0.1, -0.05) is 58.0 Å². The van der Waals surface area contributed by atoms with Crippen molar-refractivity contribution in [2.45, 2.75) is 53.1 Å². The number of hydrogen-bond acceptors (Lipinski definition) is 5. The molecule has 0 aliphatic rings. The van der Waals surface area contributed by atoms with E-state index < -0.39 is 17.9 Å². The van der Waals surface area contributed by atoms with Crippen LogP contribution in [0.5, 0.6) is 0 Å². The second kappa shape index (κ2) is 15.2. The highest BCUT2D eigenvalue weighted by molar-refractivity contribution is 5.92. The third-order valence-corrected chi connectivity index (χ3v) is 3.56. The van der Waals surface area contributed by atoms with Crippen molar-refractivity contribution in [2.24, 2.45) is 0 Å². The summed E-state index contributed by atoms with van der Waals surface area (Å²) in [6, 6.07) is 8.53. The Morgan fingerprint density at radius 1 is 0.862 bits per heavy atom. The first-order valence-corrected chi connectivity index (χ1v) is 9.88. The molecular weight excluding hydrogens is 372 g/mol. The van der Waals surface area contributed by atoms with Crippen LogP contribution in [-0.4, -0.2) is 55.2 Å². The normalized spacial score (nSPS) is 11.0. The molecule has 0 spiro atoms. The second-order valence-corrected chi connectivity index (χ2v) is 6.54. The largest absolute Gasteiger partial charge is 0.347 e. The van der Waals surface area contributed by atoms with Crippen LogP contribution < -0.4 is 21.3 Å². The van der Waals surface area contributed by atoms with Crippen LogP contribution in [0.15, 0.2) is 30.3 Å². The van der Waals surface area contributed by atoms with Crippen LogP contribution in [0.25, 0.3) is 0 Å². The molecular formula is C21H34N4O4. The average Bonchev–Trinajstić information content (AvgIpc) is 2.70. The fourth-order valence-corrected chi connectivity index (χ4v) is 2.18. The third kappa shape index (κ3) is 13.1. The SMILES string of the molecule is CC.CC(=O)CNC(=O)C(Cc1ccccc1)NC(=O)CNC(=O)CNC(C)C. The maximum atomic E-state index is 12.3. The van der Waals surface area contributed by atoms with Gasteiger partial charge in [0.2, 0.25) is 17.7 Å². The van der Waals surface area contributed by atoms with Gasteiger partial charge in [0.1, 0.15) is 11.8 Å². The Kier molecular flexibility index (Phi) is 13.8. The minimum atomic E-state index is -0.843. The van der Waals surface area contributed by atoms with E-state index in [0.717, 1.165) is 5.56 Å². The molecule has 0 saturated carbocycles. The molecule has 8 nitrogen and oxygen atoms in total. The molecule has 1 atom stereocenters. The Labute approximate surface area is 173 Å². The number of carbonyl (C=O) groups is 4. The van der Waals surface area contributed by atoms with Gasteiger partial charge in [-0.25, -0.2) is 0 Å². The quantitative estimate of drug-likeness (QED) is 0.428. The smallest absolute Gasteiger partial charge is 0.243 e. The van der Waals surface area contributed by atoms with E-state index in [9.17, 15) is 19.2 Å². The van der Waals surface area contributed by atoms with Crippen molar-refractivity contribution in [1.29, 1.82) is 0 Å². The van der Waals surface area contributed by atoms with Crippen LogP contribution in [0.3, 0.4) is 0 Å². The van der Waals surface area contributed by atoms with E-state index in [0.29, 0.717) is 0 Å². The lowest BCUT2D eigenvalue weighted by Gasteiger charge is -2.18. The van der Waals surface area contributed by atoms with Gasteiger partial charge < -0.3 is 21.3 Å². The lowest BCUT2D eigenvalue weighted by atomic mass is 10.1. The van der Waals surface area contributed by atoms with Crippen molar-refractivity contribution in [3.05, 3.63) is 35.9 Å². The molecule has 0 saturated heterocycles. The Morgan fingerprint density at radius 2 is 1.48 bits per heavy atom. The Balaban J connectivity index is 0.00000379. The average molecular weight is 407 g/mol. The molecule has 3 amide bonds. The van der Waals surface area contributed by atoms with Gasteiger partial charge in [-0.2, -0.15) is 0 Å². The molecule has 1 aromatic rings. The van der Waals surface area contributed by atoms with Crippen molar-refractivity contribution >= 4 is 23.5 Å². The van der Waals surface area contributed by atoms with Crippen LogP contribution in [0.1, 0.15) is 40.2 Å². The summed E-state index contributed by atoms with van der Waals surface area (Å²) in [5.41, 5.74) is 0.867. The number of amides is 3. The Hall–Kier alpha value is -2.74. The summed E-state index contributed by atoms with van der Waals surface area (Å²) in [7, 11) is 0. The minimum Gasteiger partial charge on any atom is -0.347 e. The molecule has 0 heterocycles. The molecule has 0 aliphatic heterocycles. The van der Waals surface area contributed by atoms with Crippen LogP contribution in [0, 0.1) is 0 Å². The highest BCUT2D eigenvalue weighted by Crippen LogP contribution is 2.03. The highest BCUT2D eigenvalue weighted by atomic mass is 16.2. The molecule has 0 aromatic heterocycles. The standard InChI is InChI=1S/C19H28N4O4.C2H6/c1-13(2)20-11-17(25)21-12-18(26)23-16(19(27)22-10-14(3)24)9-15-7-5-4-6-8-15;1-2/h4-8,13,16,20H,9-12H2,1-3H3,(H,21,25)(H,22,27)(H,23,26);1-2H3. The zero-order valence-electron chi connectivity index (χ0n) is 18.0. The highest BCUT2D eigenvalue weighted by Gasteiger charge is 2.21. The van der Waals surface area contributed by atoms with Gasteiger partial charge in [0.25, 0.3) is 0 Å². The summed E-state index contributed by atoms with van der Waals surface area (Å²) in [4.78, 5) is 47.2. The van der Waals surface area contributed by atoms with E-state index in [1.807, 2.05) is 58.0 Å². The van der Waals surface area contributed by atoms with Gasteiger partial charge in [0.15, 0.2) is 0 Å². The molecule has 0 bridgehead atoms. The van der Waals surface area contributed by atoms with E-state index in [4.69, 9.17) is 0 Å². The zero-order valence-corrected chi connectivity index (χ0v) is 18.0. The number of rotatable bonds is 11. The number of hydrogen-bond donors (Lipinski definition) is 4. The predicted molar refractivity (Wildman–Crippen MR) is 113 cm³/mol. The summed E-state index contributed by atoms with van der Waals surface area (Å²) >= 11 is 0. The third-order valence-electron chi connectivity index (χ3n) is 3.56. The van der Waals surface area contributed by atoms with Crippen LogP contribution >= 0.6 is 0 Å². The Bertz CT molecular complexity index is 647. The van der Waals surface area contributed by atoms with Gasteiger partial charge >= 0.3 is 0 Å². The van der Waals surface area contributed by atoms with Crippen molar-refractivity contribution < 1.29 is 19.2 Å². The first-order chi connectivity index (χ1) is 13.8. The van der Waals surface area contributed by atoms with Gasteiger partial charge in [-0.05, 0) is 12.5 Å². The summed E-state index contributed by atoms with van der Waals surface area (Å²) in [6.45, 7) is 8.96. The van der Waals surface area contributed by atoms with Gasteiger partial charge in [0, 0.05) is 12.5 Å². The first-order valence-electron chi connectivity index (χ1n) is 9.88. The number of Topliss-reactive ketones (excluding diaryl/α,β-unsaturated/α-hetero) is 1. The monoisotopic (exact) mass is 406 g/mol. The van der Waals surface area contributed by atoms with E-state index >= 15 is 0 Å². The molecule has 1 unspecified atom stereocenters. The number of carbonyl (C=O) groups excluding carboxylic acids is 4. The zero-order chi connectivity index (χ0) is 22.2. The van der Waals surface area contributed by atoms with Crippen LogP contribution in [0.4, 0.5) is 0 Å². The van der Waals surface area contributed by atoms with Gasteiger partial charge in [-0.3, -0.25) is 19.2 Å². The minimum absolute atomic E-state index is 0.0996. The van der Waals surface area contributed by atoms with E-state index in [1.54, 1.807) is 0 Å². The summed E-state index contributed by atoms with van der Waals surface area (Å²) in [6.07, 6.45) is 0.277. The maximum Gasteiger partial charge on any atom is 0.243 e. The second-order valence-electron chi connectivity index (χ2n) is 6.54. The molecule has 1 rings (SSSR count). The van der Waals surface area contributed by atoms with E-state index in [2.05, 4.69) is 21.3 Å². The lowest BCUT2D eigenvalue weighted by Crippen LogP contribution is -2.51.